The lowest BCUT2D eigenvalue weighted by atomic mass is 9.87. The van der Waals surface area contributed by atoms with Gasteiger partial charge >= 0.3 is 0 Å². The third kappa shape index (κ3) is 5.40. The Kier molecular flexibility index (Phi) is 7.27. The summed E-state index contributed by atoms with van der Waals surface area (Å²) in [6, 6.07) is 12.0. The van der Waals surface area contributed by atoms with E-state index in [1.54, 1.807) is 30.3 Å². The summed E-state index contributed by atoms with van der Waals surface area (Å²) in [6.45, 7) is -2.65. The van der Waals surface area contributed by atoms with Crippen molar-refractivity contribution in [3.8, 4) is 5.75 Å². The van der Waals surface area contributed by atoms with E-state index >= 15 is 0 Å². The Labute approximate surface area is 206 Å². The highest BCUT2D eigenvalue weighted by Crippen LogP contribution is 2.40. The molecule has 5 atom stereocenters. The average molecular weight is 497 g/mol. The summed E-state index contributed by atoms with van der Waals surface area (Å²) in [6.07, 6.45) is -3.76. The first-order chi connectivity index (χ1) is 17.1. The van der Waals surface area contributed by atoms with Crippen LogP contribution in [0.2, 0.25) is 5.02 Å². The van der Waals surface area contributed by atoms with Gasteiger partial charge in [0.05, 0.1) is 22.0 Å². The molecule has 0 radical (unpaired) electrons. The predicted molar refractivity (Wildman–Crippen MR) is 124 cm³/mol. The maximum atomic E-state index is 10.7. The maximum absolute atomic E-state index is 10.7. The first kappa shape index (κ1) is 22.7. The largest absolute Gasteiger partial charge is 0.491 e. The Morgan fingerprint density at radius 1 is 1.12 bits per heavy atom. The second-order valence-corrected chi connectivity index (χ2v) is 8.92. The summed E-state index contributed by atoms with van der Waals surface area (Å²) >= 11 is 6.44. The number of aliphatic hydroxyl groups excluding tert-OH is 4. The van der Waals surface area contributed by atoms with Crippen LogP contribution >= 0.6 is 11.6 Å². The number of hydrogen-bond acceptors (Lipinski definition) is 8. The van der Waals surface area contributed by atoms with Gasteiger partial charge < -0.3 is 39.4 Å². The molecule has 8 nitrogen and oxygen atoms in total. The van der Waals surface area contributed by atoms with Crippen molar-refractivity contribution in [3.63, 3.8) is 0 Å². The van der Waals surface area contributed by atoms with Crippen molar-refractivity contribution in [1.82, 2.24) is 0 Å². The van der Waals surface area contributed by atoms with E-state index in [-0.39, 0.29) is 12.7 Å². The van der Waals surface area contributed by atoms with Gasteiger partial charge in [-0.15, -0.1) is 0 Å². The normalized spacial score (nSPS) is 30.5. The minimum Gasteiger partial charge on any atom is -0.491 e. The molecule has 0 bridgehead atoms. The fourth-order valence-corrected chi connectivity index (χ4v) is 4.15. The zero-order chi connectivity index (χ0) is 26.1. The highest BCUT2D eigenvalue weighted by Gasteiger charge is 2.55. The van der Waals surface area contributed by atoms with E-state index in [1.165, 1.54) is 7.11 Å². The molecule has 2 fully saturated rings. The van der Waals surface area contributed by atoms with Gasteiger partial charge in [0, 0.05) is 17.7 Å². The highest BCUT2D eigenvalue weighted by molar-refractivity contribution is 6.31. The van der Waals surface area contributed by atoms with Crippen LogP contribution in [0.5, 0.6) is 5.75 Å². The highest BCUT2D eigenvalue weighted by atomic mass is 35.5. The van der Waals surface area contributed by atoms with Crippen LogP contribution in [0.15, 0.2) is 42.5 Å². The molecule has 1 saturated carbocycles. The number of rotatable bonds is 10. The number of ether oxygens (including phenoxy) is 4. The fourth-order valence-electron chi connectivity index (χ4n) is 3.97. The molecule has 1 aliphatic heterocycles. The van der Waals surface area contributed by atoms with Gasteiger partial charge in [-0.3, -0.25) is 0 Å². The van der Waals surface area contributed by atoms with Crippen LogP contribution in [0.1, 0.15) is 32.3 Å². The Balaban J connectivity index is 1.49. The summed E-state index contributed by atoms with van der Waals surface area (Å²) in [5.41, 5.74) is 1.93. The molecule has 1 heterocycles. The van der Waals surface area contributed by atoms with E-state index in [1.807, 2.05) is 12.1 Å². The molecule has 0 aromatic heterocycles. The van der Waals surface area contributed by atoms with E-state index in [0.29, 0.717) is 28.3 Å². The quantitative estimate of drug-likeness (QED) is 0.393. The minimum absolute atomic E-state index is 0.0216. The van der Waals surface area contributed by atoms with Gasteiger partial charge in [-0.05, 0) is 54.7 Å². The lowest BCUT2D eigenvalue weighted by Gasteiger charge is -2.47. The maximum Gasteiger partial charge on any atom is 0.224 e. The van der Waals surface area contributed by atoms with Crippen LogP contribution in [0.4, 0.5) is 0 Å². The molecule has 186 valence electrons. The molecule has 0 spiro atoms. The minimum atomic E-state index is -1.85. The zero-order valence-electron chi connectivity index (χ0n) is 20.8. The van der Waals surface area contributed by atoms with Gasteiger partial charge in [-0.2, -0.15) is 0 Å². The lowest BCUT2D eigenvalue weighted by Crippen LogP contribution is -2.64. The molecular formula is C25H31ClO8. The molecule has 2 aromatic rings. The number of aliphatic hydroxyl groups is 4. The van der Waals surface area contributed by atoms with Crippen molar-refractivity contribution in [2.75, 3.05) is 26.9 Å². The third-order valence-electron chi connectivity index (χ3n) is 6.09. The van der Waals surface area contributed by atoms with Crippen LogP contribution in [0.3, 0.4) is 0 Å². The SMILES string of the molecule is [2H]C([2H])(COc1ccc(Cc2cc(C3(OC)O[C@H](CO)[C@@H](O)[C@H](O)[C@H]3O)ccc2Cl)cc1)OC1CC1. The predicted octanol–water partition coefficient (Wildman–Crippen LogP) is 1.76. The third-order valence-corrected chi connectivity index (χ3v) is 6.46. The van der Waals surface area contributed by atoms with Gasteiger partial charge in [0.15, 0.2) is 0 Å². The lowest BCUT2D eigenvalue weighted by molar-refractivity contribution is -0.366. The van der Waals surface area contributed by atoms with Gasteiger partial charge in [0.1, 0.15) is 36.8 Å². The van der Waals surface area contributed by atoms with Crippen molar-refractivity contribution in [3.05, 3.63) is 64.2 Å². The van der Waals surface area contributed by atoms with Crippen molar-refractivity contribution in [2.24, 2.45) is 0 Å². The molecule has 1 unspecified atom stereocenters. The molecule has 0 amide bonds. The van der Waals surface area contributed by atoms with E-state index in [9.17, 15) is 20.4 Å². The molecular weight excluding hydrogens is 464 g/mol. The van der Waals surface area contributed by atoms with Gasteiger partial charge in [0.2, 0.25) is 5.79 Å². The van der Waals surface area contributed by atoms with E-state index in [0.717, 1.165) is 18.4 Å². The second-order valence-electron chi connectivity index (χ2n) is 8.51. The summed E-state index contributed by atoms with van der Waals surface area (Å²) < 4.78 is 37.9. The van der Waals surface area contributed by atoms with Crippen LogP contribution in [-0.4, -0.2) is 77.8 Å². The summed E-state index contributed by atoms with van der Waals surface area (Å²) in [7, 11) is 1.30. The standard InChI is InChI=1S/C25H31ClO8/c1-31-25(24(30)23(29)22(28)21(14-27)34-25)17-4-9-20(26)16(13-17)12-15-2-5-18(6-3-15)32-10-11-33-19-7-8-19/h2-6,9,13,19,21-24,27-30H,7-8,10-12,14H2,1H3/t21-,22-,23+,24-,25?/m1/s1/i11D2. The summed E-state index contributed by atoms with van der Waals surface area (Å²) in [5, 5.41) is 41.3. The van der Waals surface area contributed by atoms with Crippen LogP contribution in [0, 0.1) is 0 Å². The molecule has 9 heteroatoms. The van der Waals surface area contributed by atoms with Crippen LogP contribution < -0.4 is 4.74 Å². The average Bonchev–Trinajstić information content (AvgIpc) is 3.67. The van der Waals surface area contributed by atoms with Crippen molar-refractivity contribution < 1.29 is 42.1 Å². The zero-order valence-corrected chi connectivity index (χ0v) is 19.5. The second kappa shape index (κ2) is 10.9. The summed E-state index contributed by atoms with van der Waals surface area (Å²) in [4.78, 5) is 0. The molecule has 34 heavy (non-hydrogen) atoms. The smallest absolute Gasteiger partial charge is 0.224 e. The Hall–Kier alpha value is -1.75. The fraction of sp³-hybridized carbons (Fsp3) is 0.520. The Bertz CT molecular complexity index is 1030. The first-order valence-corrected chi connectivity index (χ1v) is 11.5. The van der Waals surface area contributed by atoms with Crippen LogP contribution in [-0.2, 0) is 26.4 Å². The summed E-state index contributed by atoms with van der Waals surface area (Å²) in [5.74, 6) is -1.33. The molecule has 2 aliphatic rings. The molecule has 1 saturated heterocycles. The van der Waals surface area contributed by atoms with Crippen LogP contribution in [0.25, 0.3) is 0 Å². The Morgan fingerprint density at radius 2 is 1.85 bits per heavy atom. The van der Waals surface area contributed by atoms with E-state index in [4.69, 9.17) is 33.3 Å². The number of hydrogen-bond donors (Lipinski definition) is 4. The molecule has 2 aromatic carbocycles. The van der Waals surface area contributed by atoms with E-state index in [2.05, 4.69) is 0 Å². The number of methoxy groups -OCH3 is 1. The van der Waals surface area contributed by atoms with Crippen molar-refractivity contribution in [2.45, 2.75) is 55.6 Å². The number of benzene rings is 2. The van der Waals surface area contributed by atoms with Crippen molar-refractivity contribution >= 4 is 11.6 Å². The topological polar surface area (TPSA) is 118 Å². The first-order valence-electron chi connectivity index (χ1n) is 12.1. The monoisotopic (exact) mass is 496 g/mol. The van der Waals surface area contributed by atoms with Gasteiger partial charge in [-0.25, -0.2) is 0 Å². The van der Waals surface area contributed by atoms with Crippen molar-refractivity contribution in [1.29, 1.82) is 0 Å². The van der Waals surface area contributed by atoms with Gasteiger partial charge in [-0.1, -0.05) is 29.8 Å². The van der Waals surface area contributed by atoms with Gasteiger partial charge in [0.25, 0.3) is 0 Å². The van der Waals surface area contributed by atoms with E-state index < -0.39 is 43.4 Å². The molecule has 4 rings (SSSR count). The molecule has 4 N–H and O–H groups in total. The Morgan fingerprint density at radius 3 is 2.50 bits per heavy atom. The number of halogens is 1. The molecule has 1 aliphatic carbocycles.